The number of nitrogens with zero attached hydrogens (tertiary/aromatic N) is 1. The van der Waals surface area contributed by atoms with E-state index in [0.717, 1.165) is 29.1 Å². The van der Waals surface area contributed by atoms with Crippen LogP contribution in [0.5, 0.6) is 0 Å². The van der Waals surface area contributed by atoms with Gasteiger partial charge in [0.2, 0.25) is 0 Å². The van der Waals surface area contributed by atoms with Gasteiger partial charge in [0.1, 0.15) is 5.82 Å². The highest BCUT2D eigenvalue weighted by Gasteiger charge is 2.48. The van der Waals surface area contributed by atoms with Crippen molar-refractivity contribution in [3.63, 3.8) is 0 Å². The Morgan fingerprint density at radius 3 is 2.71 bits per heavy atom. The number of hydrogen-bond donors (Lipinski definition) is 1. The van der Waals surface area contributed by atoms with Gasteiger partial charge in [-0.15, -0.1) is 11.8 Å². The highest BCUT2D eigenvalue weighted by atomic mass is 35.5. The Bertz CT molecular complexity index is 915. The molecule has 7 heteroatoms. The zero-order chi connectivity index (χ0) is 19.9. The van der Waals surface area contributed by atoms with Gasteiger partial charge in [-0.05, 0) is 54.5 Å². The number of amides is 1. The predicted molar refractivity (Wildman–Crippen MR) is 109 cm³/mol. The van der Waals surface area contributed by atoms with Crippen molar-refractivity contribution in [2.24, 2.45) is 5.73 Å². The van der Waals surface area contributed by atoms with E-state index in [1.165, 1.54) is 11.8 Å². The van der Waals surface area contributed by atoms with Crippen LogP contribution in [0, 0.1) is 5.82 Å². The zero-order valence-electron chi connectivity index (χ0n) is 15.6. The summed E-state index contributed by atoms with van der Waals surface area (Å²) < 4.78 is 20.5. The van der Waals surface area contributed by atoms with E-state index in [1.807, 2.05) is 30.5 Å². The van der Waals surface area contributed by atoms with Crippen molar-refractivity contribution in [3.8, 4) is 0 Å². The van der Waals surface area contributed by atoms with E-state index < -0.39 is 17.6 Å². The van der Waals surface area contributed by atoms with Gasteiger partial charge in [0.05, 0.1) is 5.60 Å². The molecule has 2 aliphatic heterocycles. The number of likely N-dealkylation sites (tertiary alicyclic amines) is 1. The molecule has 1 fully saturated rings. The monoisotopic (exact) mass is 420 g/mol. The van der Waals surface area contributed by atoms with Crippen LogP contribution >= 0.6 is 23.4 Å². The molecule has 1 unspecified atom stereocenters. The molecule has 1 spiro atoms. The number of ether oxygens (including phenoxy) is 1. The standard InChI is InChI=1S/C21H22ClFN2O2S/c1-28-15-4-2-13(18(23)11-15)12-25-8-6-21(7-9-25)17-10-14(22)3-5-16(17)19(27-21)20(24)26/h2-5,10-11,19H,6-9,12H2,1H3,(H2,24,26). The van der Waals surface area contributed by atoms with Crippen LogP contribution in [-0.2, 0) is 21.7 Å². The third-order valence-electron chi connectivity index (χ3n) is 5.71. The Morgan fingerprint density at radius 2 is 2.07 bits per heavy atom. The molecule has 2 aromatic rings. The normalized spacial score (nSPS) is 21.0. The molecule has 148 valence electrons. The molecule has 0 bridgehead atoms. The van der Waals surface area contributed by atoms with Gasteiger partial charge in [0.15, 0.2) is 6.10 Å². The van der Waals surface area contributed by atoms with Crippen LogP contribution in [0.25, 0.3) is 0 Å². The molecule has 1 atom stereocenters. The lowest BCUT2D eigenvalue weighted by molar-refractivity contribution is -0.148. The van der Waals surface area contributed by atoms with E-state index in [2.05, 4.69) is 4.90 Å². The fourth-order valence-corrected chi connectivity index (χ4v) is 4.80. The summed E-state index contributed by atoms with van der Waals surface area (Å²) >= 11 is 7.73. The van der Waals surface area contributed by atoms with E-state index in [4.69, 9.17) is 22.1 Å². The second kappa shape index (κ2) is 7.67. The van der Waals surface area contributed by atoms with Crippen LogP contribution in [0.2, 0.25) is 5.02 Å². The highest BCUT2D eigenvalue weighted by molar-refractivity contribution is 7.98. The number of halogens is 2. The Hall–Kier alpha value is -1.60. The molecule has 2 heterocycles. The van der Waals surface area contributed by atoms with Crippen molar-refractivity contribution in [3.05, 3.63) is 63.9 Å². The molecule has 2 aliphatic rings. The number of piperidine rings is 1. The first kappa shape index (κ1) is 19.7. The highest BCUT2D eigenvalue weighted by Crippen LogP contribution is 2.50. The van der Waals surface area contributed by atoms with Gasteiger partial charge in [-0.1, -0.05) is 23.7 Å². The number of carbonyl (C=O) groups is 1. The number of rotatable bonds is 4. The number of primary amides is 1. The lowest BCUT2D eigenvalue weighted by Gasteiger charge is -2.39. The summed E-state index contributed by atoms with van der Waals surface area (Å²) in [4.78, 5) is 15.0. The summed E-state index contributed by atoms with van der Waals surface area (Å²) in [6, 6.07) is 10.9. The van der Waals surface area contributed by atoms with Crippen molar-refractivity contribution < 1.29 is 13.9 Å². The molecule has 1 saturated heterocycles. The topological polar surface area (TPSA) is 55.6 Å². The van der Waals surface area contributed by atoms with E-state index in [1.54, 1.807) is 12.1 Å². The van der Waals surface area contributed by atoms with E-state index in [-0.39, 0.29) is 5.82 Å². The molecule has 2 aromatic carbocycles. The molecule has 2 N–H and O–H groups in total. The molecule has 4 nitrogen and oxygen atoms in total. The fourth-order valence-electron chi connectivity index (χ4n) is 4.20. The van der Waals surface area contributed by atoms with Crippen molar-refractivity contribution in [2.75, 3.05) is 19.3 Å². The smallest absolute Gasteiger partial charge is 0.251 e. The number of thioether (sulfide) groups is 1. The molecule has 0 radical (unpaired) electrons. The second-order valence-electron chi connectivity index (χ2n) is 7.36. The van der Waals surface area contributed by atoms with Gasteiger partial charge in [-0.2, -0.15) is 0 Å². The number of hydrogen-bond acceptors (Lipinski definition) is 4. The van der Waals surface area contributed by atoms with Crippen molar-refractivity contribution in [2.45, 2.75) is 36.0 Å². The molecule has 0 saturated carbocycles. The van der Waals surface area contributed by atoms with Gasteiger partial charge in [0, 0.05) is 35.1 Å². The molecule has 0 aliphatic carbocycles. The van der Waals surface area contributed by atoms with Gasteiger partial charge >= 0.3 is 0 Å². The summed E-state index contributed by atoms with van der Waals surface area (Å²) in [6.07, 6.45) is 2.60. The lowest BCUT2D eigenvalue weighted by atomic mass is 9.83. The summed E-state index contributed by atoms with van der Waals surface area (Å²) in [6.45, 7) is 2.03. The van der Waals surface area contributed by atoms with E-state index >= 15 is 0 Å². The minimum atomic E-state index is -0.740. The average Bonchev–Trinajstić information content (AvgIpc) is 2.99. The summed E-state index contributed by atoms with van der Waals surface area (Å²) in [7, 11) is 0. The average molecular weight is 421 g/mol. The molecular weight excluding hydrogens is 399 g/mol. The lowest BCUT2D eigenvalue weighted by Crippen LogP contribution is -2.42. The first-order chi connectivity index (χ1) is 13.4. The SMILES string of the molecule is CSc1ccc(CN2CCC3(CC2)OC(C(N)=O)c2ccc(Cl)cc23)c(F)c1. The van der Waals surface area contributed by atoms with Crippen molar-refractivity contribution in [1.29, 1.82) is 0 Å². The Morgan fingerprint density at radius 1 is 1.32 bits per heavy atom. The zero-order valence-corrected chi connectivity index (χ0v) is 17.2. The van der Waals surface area contributed by atoms with Crippen LogP contribution < -0.4 is 5.73 Å². The number of fused-ring (bicyclic) bond motifs is 2. The Balaban J connectivity index is 1.51. The van der Waals surface area contributed by atoms with E-state index in [0.29, 0.717) is 30.0 Å². The maximum absolute atomic E-state index is 14.3. The molecule has 0 aromatic heterocycles. The molecule has 1 amide bonds. The number of carbonyl (C=O) groups excluding carboxylic acids is 1. The van der Waals surface area contributed by atoms with Crippen molar-refractivity contribution in [1.82, 2.24) is 4.90 Å². The second-order valence-corrected chi connectivity index (χ2v) is 8.68. The van der Waals surface area contributed by atoms with E-state index in [9.17, 15) is 9.18 Å². The van der Waals surface area contributed by atoms with Gasteiger partial charge in [-0.25, -0.2) is 4.39 Å². The minimum absolute atomic E-state index is 0.171. The Labute approximate surface area is 173 Å². The third kappa shape index (κ3) is 3.54. The minimum Gasteiger partial charge on any atom is -0.367 e. The summed E-state index contributed by atoms with van der Waals surface area (Å²) in [5.74, 6) is -0.658. The fraction of sp³-hybridized carbons (Fsp3) is 0.381. The van der Waals surface area contributed by atoms with Gasteiger partial charge in [0.25, 0.3) is 5.91 Å². The van der Waals surface area contributed by atoms with Crippen LogP contribution in [0.4, 0.5) is 4.39 Å². The van der Waals surface area contributed by atoms with Gasteiger partial charge < -0.3 is 10.5 Å². The molecule has 4 rings (SSSR count). The quantitative estimate of drug-likeness (QED) is 0.751. The maximum atomic E-state index is 14.3. The first-order valence-electron chi connectivity index (χ1n) is 9.24. The first-order valence-corrected chi connectivity index (χ1v) is 10.8. The third-order valence-corrected chi connectivity index (χ3v) is 6.67. The number of nitrogens with two attached hydrogens (primary N) is 1. The molecular formula is C21H22ClFN2O2S. The van der Waals surface area contributed by atoms with Crippen molar-refractivity contribution >= 4 is 29.3 Å². The van der Waals surface area contributed by atoms with Crippen LogP contribution in [-0.4, -0.2) is 30.2 Å². The predicted octanol–water partition coefficient (Wildman–Crippen LogP) is 4.25. The summed E-state index contributed by atoms with van der Waals surface area (Å²) in [5.41, 5.74) is 7.46. The maximum Gasteiger partial charge on any atom is 0.251 e. The van der Waals surface area contributed by atoms with Crippen LogP contribution in [0.1, 0.15) is 35.6 Å². The van der Waals surface area contributed by atoms with Gasteiger partial charge in [-0.3, -0.25) is 9.69 Å². The Kier molecular flexibility index (Phi) is 5.40. The largest absolute Gasteiger partial charge is 0.367 e. The molecule has 28 heavy (non-hydrogen) atoms. The summed E-state index contributed by atoms with van der Waals surface area (Å²) in [5, 5.41) is 0.616. The van der Waals surface area contributed by atoms with Crippen LogP contribution in [0.15, 0.2) is 41.3 Å². The van der Waals surface area contributed by atoms with Crippen LogP contribution in [0.3, 0.4) is 0 Å². The number of benzene rings is 2.